The van der Waals surface area contributed by atoms with Crippen LogP contribution in [-0.2, 0) is 16.1 Å². The molecular weight excluding hydrogens is 287 g/mol. The zero-order valence-corrected chi connectivity index (χ0v) is 12.4. The molecule has 2 N–H and O–H groups in total. The van der Waals surface area contributed by atoms with Gasteiger partial charge in [0, 0.05) is 20.2 Å². The summed E-state index contributed by atoms with van der Waals surface area (Å²) in [6, 6.07) is 4.59. The number of methoxy groups -OCH3 is 2. The van der Waals surface area contributed by atoms with Gasteiger partial charge in [0.2, 0.25) is 5.91 Å². The normalized spacial score (nSPS) is 9.75. The van der Waals surface area contributed by atoms with Crippen LogP contribution in [-0.4, -0.2) is 39.8 Å². The highest BCUT2D eigenvalue weighted by Gasteiger charge is 2.05. The third kappa shape index (κ3) is 6.70. The van der Waals surface area contributed by atoms with Crippen molar-refractivity contribution in [1.82, 2.24) is 10.6 Å². The molecule has 0 aliphatic carbocycles. The van der Waals surface area contributed by atoms with Gasteiger partial charge in [-0.15, -0.1) is 12.4 Å². The molecule has 7 heteroatoms. The van der Waals surface area contributed by atoms with Gasteiger partial charge in [-0.2, -0.15) is 0 Å². The van der Waals surface area contributed by atoms with Gasteiger partial charge in [0.05, 0.1) is 20.3 Å². The third-order valence-electron chi connectivity index (χ3n) is 2.47. The van der Waals surface area contributed by atoms with Crippen LogP contribution in [0.5, 0.6) is 5.75 Å². The lowest BCUT2D eigenvalue weighted by Crippen LogP contribution is -2.34. The molecule has 0 unspecified atom stereocenters. The van der Waals surface area contributed by atoms with Gasteiger partial charge in [-0.25, -0.2) is 4.39 Å². The smallest absolute Gasteiger partial charge is 0.234 e. The summed E-state index contributed by atoms with van der Waals surface area (Å²) in [5.74, 6) is -0.392. The summed E-state index contributed by atoms with van der Waals surface area (Å²) in [7, 11) is 3.01. The molecule has 0 aromatic heterocycles. The molecule has 1 amide bonds. The first-order chi connectivity index (χ1) is 9.17. The van der Waals surface area contributed by atoms with Crippen molar-refractivity contribution >= 4 is 18.3 Å². The van der Waals surface area contributed by atoms with E-state index in [1.54, 1.807) is 13.2 Å². The molecular formula is C13H20ClFN2O3. The summed E-state index contributed by atoms with van der Waals surface area (Å²) < 4.78 is 23.1. The van der Waals surface area contributed by atoms with Gasteiger partial charge in [0.1, 0.15) is 0 Å². The average molecular weight is 307 g/mol. The molecule has 0 heterocycles. The van der Waals surface area contributed by atoms with Gasteiger partial charge < -0.3 is 20.1 Å². The van der Waals surface area contributed by atoms with E-state index in [0.29, 0.717) is 18.7 Å². The first kappa shape index (κ1) is 18.6. The summed E-state index contributed by atoms with van der Waals surface area (Å²) >= 11 is 0. The molecule has 0 saturated carbocycles. The Bertz CT molecular complexity index is 419. The minimum absolute atomic E-state index is 0. The SMILES string of the molecule is COCCNCC(=O)NCc1ccc(OC)c(F)c1.Cl. The number of carbonyl (C=O) groups excluding carboxylic acids is 1. The summed E-state index contributed by atoms with van der Waals surface area (Å²) in [5, 5.41) is 5.61. The number of rotatable bonds is 8. The Kier molecular flexibility index (Phi) is 9.71. The van der Waals surface area contributed by atoms with Crippen LogP contribution >= 0.6 is 12.4 Å². The van der Waals surface area contributed by atoms with E-state index in [1.165, 1.54) is 19.2 Å². The molecule has 1 aromatic rings. The van der Waals surface area contributed by atoms with Gasteiger partial charge in [-0.3, -0.25) is 4.79 Å². The first-order valence-electron chi connectivity index (χ1n) is 5.96. The van der Waals surface area contributed by atoms with E-state index in [0.717, 1.165) is 0 Å². The molecule has 20 heavy (non-hydrogen) atoms. The second kappa shape index (κ2) is 10.4. The maximum absolute atomic E-state index is 13.4. The van der Waals surface area contributed by atoms with E-state index in [2.05, 4.69) is 10.6 Å². The van der Waals surface area contributed by atoms with E-state index in [-0.39, 0.29) is 37.2 Å². The Morgan fingerprint density at radius 1 is 1.35 bits per heavy atom. The quantitative estimate of drug-likeness (QED) is 0.706. The van der Waals surface area contributed by atoms with Crippen molar-refractivity contribution in [2.24, 2.45) is 0 Å². The number of hydrogen-bond acceptors (Lipinski definition) is 4. The molecule has 114 valence electrons. The molecule has 1 rings (SSSR count). The number of carbonyl (C=O) groups is 1. The van der Waals surface area contributed by atoms with Crippen LogP contribution in [0.1, 0.15) is 5.56 Å². The van der Waals surface area contributed by atoms with Crippen LogP contribution in [0.25, 0.3) is 0 Å². The Morgan fingerprint density at radius 2 is 2.10 bits per heavy atom. The summed E-state index contributed by atoms with van der Waals surface area (Å²) in [6.07, 6.45) is 0. The van der Waals surface area contributed by atoms with Crippen molar-refractivity contribution in [2.45, 2.75) is 6.54 Å². The fourth-order valence-electron chi connectivity index (χ4n) is 1.46. The maximum Gasteiger partial charge on any atom is 0.234 e. The predicted molar refractivity (Wildman–Crippen MR) is 76.8 cm³/mol. The number of nitrogens with one attached hydrogen (secondary N) is 2. The molecule has 0 fully saturated rings. The van der Waals surface area contributed by atoms with E-state index in [1.807, 2.05) is 0 Å². The minimum Gasteiger partial charge on any atom is -0.494 e. The molecule has 5 nitrogen and oxygen atoms in total. The molecule has 0 bridgehead atoms. The highest BCUT2D eigenvalue weighted by molar-refractivity contribution is 5.85. The van der Waals surface area contributed by atoms with Gasteiger partial charge in [0.15, 0.2) is 11.6 Å². The fourth-order valence-corrected chi connectivity index (χ4v) is 1.46. The van der Waals surface area contributed by atoms with Crippen LogP contribution in [0.3, 0.4) is 0 Å². The van der Waals surface area contributed by atoms with Crippen molar-refractivity contribution < 1.29 is 18.7 Å². The lowest BCUT2D eigenvalue weighted by atomic mass is 10.2. The lowest BCUT2D eigenvalue weighted by Gasteiger charge is -2.08. The zero-order chi connectivity index (χ0) is 14.1. The van der Waals surface area contributed by atoms with Gasteiger partial charge in [-0.1, -0.05) is 6.07 Å². The summed E-state index contributed by atoms with van der Waals surface area (Å²) in [6.45, 7) is 1.66. The third-order valence-corrected chi connectivity index (χ3v) is 2.47. The highest BCUT2D eigenvalue weighted by Crippen LogP contribution is 2.17. The Hall–Kier alpha value is -1.37. The van der Waals surface area contributed by atoms with E-state index in [9.17, 15) is 9.18 Å². The van der Waals surface area contributed by atoms with Crippen LogP contribution in [0.15, 0.2) is 18.2 Å². The van der Waals surface area contributed by atoms with Crippen molar-refractivity contribution in [2.75, 3.05) is 33.9 Å². The molecule has 0 atom stereocenters. The maximum atomic E-state index is 13.4. The molecule has 0 saturated heterocycles. The largest absolute Gasteiger partial charge is 0.494 e. The predicted octanol–water partition coefficient (Wildman–Crippen LogP) is 1.11. The van der Waals surface area contributed by atoms with Crippen LogP contribution in [0, 0.1) is 5.82 Å². The molecule has 1 aromatic carbocycles. The second-order valence-electron chi connectivity index (χ2n) is 3.92. The number of benzene rings is 1. The number of halogens is 2. The van der Waals surface area contributed by atoms with E-state index < -0.39 is 5.82 Å². The van der Waals surface area contributed by atoms with Crippen molar-refractivity contribution in [3.8, 4) is 5.75 Å². The topological polar surface area (TPSA) is 59.6 Å². The molecule has 0 aliphatic heterocycles. The van der Waals surface area contributed by atoms with Crippen LogP contribution < -0.4 is 15.4 Å². The monoisotopic (exact) mass is 306 g/mol. The van der Waals surface area contributed by atoms with E-state index in [4.69, 9.17) is 9.47 Å². The van der Waals surface area contributed by atoms with E-state index >= 15 is 0 Å². The number of hydrogen-bond donors (Lipinski definition) is 2. The first-order valence-corrected chi connectivity index (χ1v) is 5.96. The Labute approximate surface area is 124 Å². The van der Waals surface area contributed by atoms with Crippen molar-refractivity contribution in [1.29, 1.82) is 0 Å². The Morgan fingerprint density at radius 3 is 2.70 bits per heavy atom. The minimum atomic E-state index is -0.438. The average Bonchev–Trinajstić information content (AvgIpc) is 2.41. The van der Waals surface area contributed by atoms with Gasteiger partial charge >= 0.3 is 0 Å². The van der Waals surface area contributed by atoms with Gasteiger partial charge in [-0.05, 0) is 17.7 Å². The second-order valence-corrected chi connectivity index (χ2v) is 3.92. The molecule has 0 spiro atoms. The highest BCUT2D eigenvalue weighted by atomic mass is 35.5. The Balaban J connectivity index is 0.00000361. The van der Waals surface area contributed by atoms with Gasteiger partial charge in [0.25, 0.3) is 0 Å². The van der Waals surface area contributed by atoms with Crippen molar-refractivity contribution in [3.63, 3.8) is 0 Å². The summed E-state index contributed by atoms with van der Waals surface area (Å²) in [4.78, 5) is 11.5. The zero-order valence-electron chi connectivity index (χ0n) is 11.6. The molecule has 0 aliphatic rings. The summed E-state index contributed by atoms with van der Waals surface area (Å²) in [5.41, 5.74) is 0.684. The number of ether oxygens (including phenoxy) is 2. The van der Waals surface area contributed by atoms with Crippen LogP contribution in [0.4, 0.5) is 4.39 Å². The number of amides is 1. The molecule has 0 radical (unpaired) electrons. The standard InChI is InChI=1S/C13H19FN2O3.ClH/c1-18-6-5-15-9-13(17)16-8-10-3-4-12(19-2)11(14)7-10;/h3-4,7,15H,5-6,8-9H2,1-2H3,(H,16,17);1H. The van der Waals surface area contributed by atoms with Crippen LogP contribution in [0.2, 0.25) is 0 Å². The van der Waals surface area contributed by atoms with Crippen molar-refractivity contribution in [3.05, 3.63) is 29.6 Å². The lowest BCUT2D eigenvalue weighted by molar-refractivity contribution is -0.120. The fraction of sp³-hybridized carbons (Fsp3) is 0.462.